The molecule has 0 aliphatic heterocycles. The maximum absolute atomic E-state index is 12.9. The number of nitrogens with zero attached hydrogens (tertiary/aromatic N) is 5. The molecular weight excluding hydrogens is 402 g/mol. The Morgan fingerprint density at radius 3 is 2.33 bits per heavy atom. The predicted octanol–water partition coefficient (Wildman–Crippen LogP) is 3.06. The molecule has 3 aromatic heterocycles. The van der Waals surface area contributed by atoms with E-state index >= 15 is 0 Å². The molecular formula is C22H18ClN5O2. The van der Waals surface area contributed by atoms with Crippen LogP contribution in [0, 0.1) is 0 Å². The number of hydrogen-bond donors (Lipinski definition) is 0. The minimum absolute atomic E-state index is 0.363. The van der Waals surface area contributed by atoms with Crippen molar-refractivity contribution in [2.24, 2.45) is 14.1 Å². The molecule has 0 unspecified atom stereocenters. The molecule has 0 aliphatic carbocycles. The summed E-state index contributed by atoms with van der Waals surface area (Å²) in [5.74, 6) is 0.595. The lowest BCUT2D eigenvalue weighted by molar-refractivity contribution is 0.707. The van der Waals surface area contributed by atoms with Crippen molar-refractivity contribution in [3.63, 3.8) is 0 Å². The maximum atomic E-state index is 12.9. The minimum atomic E-state index is -0.402. The van der Waals surface area contributed by atoms with Gasteiger partial charge >= 0.3 is 5.69 Å². The summed E-state index contributed by atoms with van der Waals surface area (Å²) < 4.78 is 6.32. The fourth-order valence-corrected chi connectivity index (χ4v) is 3.91. The average Bonchev–Trinajstić information content (AvgIpc) is 3.29. The van der Waals surface area contributed by atoms with Crippen molar-refractivity contribution in [3.8, 4) is 11.3 Å². The summed E-state index contributed by atoms with van der Waals surface area (Å²) in [7, 11) is 3.10. The number of hydrogen-bond acceptors (Lipinski definition) is 3. The smallest absolute Gasteiger partial charge is 0.305 e. The largest absolute Gasteiger partial charge is 0.332 e. The second-order valence-corrected chi connectivity index (χ2v) is 7.69. The van der Waals surface area contributed by atoms with E-state index in [9.17, 15) is 9.59 Å². The Hall–Kier alpha value is -3.58. The van der Waals surface area contributed by atoms with Gasteiger partial charge in [0.1, 0.15) is 0 Å². The van der Waals surface area contributed by atoms with Crippen LogP contribution in [-0.4, -0.2) is 23.1 Å². The van der Waals surface area contributed by atoms with Crippen LogP contribution in [0.25, 0.3) is 28.2 Å². The van der Waals surface area contributed by atoms with Gasteiger partial charge in [0.05, 0.1) is 12.2 Å². The van der Waals surface area contributed by atoms with Gasteiger partial charge in [0.25, 0.3) is 5.56 Å². The van der Waals surface area contributed by atoms with Crippen LogP contribution in [0.3, 0.4) is 0 Å². The quantitative estimate of drug-likeness (QED) is 0.451. The highest BCUT2D eigenvalue weighted by molar-refractivity contribution is 6.30. The van der Waals surface area contributed by atoms with Gasteiger partial charge in [0, 0.05) is 25.3 Å². The summed E-state index contributed by atoms with van der Waals surface area (Å²) >= 11 is 6.07. The van der Waals surface area contributed by atoms with Crippen molar-refractivity contribution in [1.29, 1.82) is 0 Å². The summed E-state index contributed by atoms with van der Waals surface area (Å²) in [6.07, 6.45) is 1.89. The molecule has 0 radical (unpaired) electrons. The first kappa shape index (κ1) is 18.4. The van der Waals surface area contributed by atoms with Gasteiger partial charge in [-0.2, -0.15) is 4.98 Å². The number of fused-ring (bicyclic) bond motifs is 3. The molecule has 0 spiro atoms. The number of rotatable bonds is 3. The average molecular weight is 420 g/mol. The highest BCUT2D eigenvalue weighted by atomic mass is 35.5. The number of halogens is 1. The number of aromatic nitrogens is 5. The molecule has 0 fully saturated rings. The molecule has 0 aliphatic rings. The van der Waals surface area contributed by atoms with Gasteiger partial charge in [0.2, 0.25) is 5.78 Å². The number of benzene rings is 2. The SMILES string of the molecule is Cn1c(=O)c2c(nc3n(Cc4ccccc4)c(-c4ccc(Cl)cc4)cn23)n(C)c1=O. The lowest BCUT2D eigenvalue weighted by atomic mass is 10.1. The van der Waals surface area contributed by atoms with Gasteiger partial charge in [-0.05, 0) is 23.3 Å². The highest BCUT2D eigenvalue weighted by Crippen LogP contribution is 2.27. The van der Waals surface area contributed by atoms with E-state index in [-0.39, 0.29) is 5.56 Å². The molecule has 5 aromatic rings. The molecule has 7 nitrogen and oxygen atoms in total. The third kappa shape index (κ3) is 2.70. The zero-order valence-electron chi connectivity index (χ0n) is 16.4. The predicted molar refractivity (Wildman–Crippen MR) is 117 cm³/mol. The first-order valence-electron chi connectivity index (χ1n) is 9.43. The van der Waals surface area contributed by atoms with Crippen LogP contribution in [0.15, 0.2) is 70.4 Å². The molecule has 3 heterocycles. The fraction of sp³-hybridized carbons (Fsp3) is 0.136. The second-order valence-electron chi connectivity index (χ2n) is 7.25. The normalized spacial score (nSPS) is 11.6. The third-order valence-electron chi connectivity index (χ3n) is 5.38. The summed E-state index contributed by atoms with van der Waals surface area (Å²) in [6.45, 7) is 0.562. The van der Waals surface area contributed by atoms with E-state index in [2.05, 4.69) is 4.98 Å². The van der Waals surface area contributed by atoms with Crippen molar-refractivity contribution < 1.29 is 0 Å². The Kier molecular flexibility index (Phi) is 4.15. The first-order chi connectivity index (χ1) is 14.5. The van der Waals surface area contributed by atoms with Crippen LogP contribution >= 0.6 is 11.6 Å². The molecule has 0 amide bonds. The van der Waals surface area contributed by atoms with E-state index in [4.69, 9.17) is 11.6 Å². The monoisotopic (exact) mass is 419 g/mol. The van der Waals surface area contributed by atoms with Crippen molar-refractivity contribution in [3.05, 3.63) is 92.2 Å². The Bertz CT molecular complexity index is 1520. The molecule has 0 saturated carbocycles. The number of aryl methyl sites for hydroxylation is 1. The third-order valence-corrected chi connectivity index (χ3v) is 5.63. The molecule has 0 N–H and O–H groups in total. The van der Waals surface area contributed by atoms with Crippen molar-refractivity contribution in [2.75, 3.05) is 0 Å². The van der Waals surface area contributed by atoms with Crippen LogP contribution in [0.5, 0.6) is 0 Å². The minimum Gasteiger partial charge on any atom is -0.305 e. The summed E-state index contributed by atoms with van der Waals surface area (Å²) in [4.78, 5) is 29.9. The molecule has 150 valence electrons. The standard InChI is InChI=1S/C22H18ClN5O2/c1-25-19-18(20(29)26(2)22(25)30)28-13-17(15-8-10-16(23)11-9-15)27(21(28)24-19)12-14-6-4-3-5-7-14/h3-11,13H,12H2,1-2H3. The molecule has 0 atom stereocenters. The molecule has 0 bridgehead atoms. The first-order valence-corrected chi connectivity index (χ1v) is 9.80. The zero-order chi connectivity index (χ0) is 21.0. The van der Waals surface area contributed by atoms with Crippen LogP contribution in [0.4, 0.5) is 0 Å². The Morgan fingerprint density at radius 2 is 1.63 bits per heavy atom. The van der Waals surface area contributed by atoms with Gasteiger partial charge in [0.15, 0.2) is 11.2 Å². The van der Waals surface area contributed by atoms with E-state index in [1.165, 1.54) is 11.6 Å². The van der Waals surface area contributed by atoms with Crippen molar-refractivity contribution in [2.45, 2.75) is 6.54 Å². The highest BCUT2D eigenvalue weighted by Gasteiger charge is 2.21. The van der Waals surface area contributed by atoms with Crippen LogP contribution < -0.4 is 11.2 Å². The van der Waals surface area contributed by atoms with E-state index in [0.29, 0.717) is 28.5 Å². The lowest BCUT2D eigenvalue weighted by Gasteiger charge is -2.09. The number of imidazole rings is 2. The zero-order valence-corrected chi connectivity index (χ0v) is 17.2. The Labute approximate surface area is 176 Å². The van der Waals surface area contributed by atoms with E-state index in [0.717, 1.165) is 21.4 Å². The van der Waals surface area contributed by atoms with Gasteiger partial charge in [-0.25, -0.2) is 4.79 Å². The molecule has 8 heteroatoms. The molecule has 30 heavy (non-hydrogen) atoms. The topological polar surface area (TPSA) is 66.2 Å². The van der Waals surface area contributed by atoms with Gasteiger partial charge < -0.3 is 4.57 Å². The van der Waals surface area contributed by atoms with Gasteiger partial charge in [-0.1, -0.05) is 54.1 Å². The molecule has 0 saturated heterocycles. The molecule has 5 rings (SSSR count). The van der Waals surface area contributed by atoms with Crippen LogP contribution in [-0.2, 0) is 20.6 Å². The van der Waals surface area contributed by atoms with E-state index < -0.39 is 5.69 Å². The van der Waals surface area contributed by atoms with Gasteiger partial charge in [-0.3, -0.25) is 18.3 Å². The van der Waals surface area contributed by atoms with Crippen LogP contribution in [0.1, 0.15) is 5.56 Å². The summed E-state index contributed by atoms with van der Waals surface area (Å²) in [5.41, 5.74) is 2.91. The van der Waals surface area contributed by atoms with Crippen molar-refractivity contribution in [1.82, 2.24) is 23.1 Å². The van der Waals surface area contributed by atoms with Gasteiger partial charge in [-0.15, -0.1) is 0 Å². The maximum Gasteiger partial charge on any atom is 0.332 e. The van der Waals surface area contributed by atoms with Crippen LogP contribution in [0.2, 0.25) is 5.02 Å². The summed E-state index contributed by atoms with van der Waals surface area (Å²) in [6, 6.07) is 17.6. The Morgan fingerprint density at radius 1 is 0.933 bits per heavy atom. The lowest BCUT2D eigenvalue weighted by Crippen LogP contribution is -2.37. The molecule has 2 aromatic carbocycles. The van der Waals surface area contributed by atoms with E-state index in [1.54, 1.807) is 11.4 Å². The summed E-state index contributed by atoms with van der Waals surface area (Å²) in [5, 5.41) is 0.652. The second kappa shape index (κ2) is 6.74. The van der Waals surface area contributed by atoms with E-state index in [1.807, 2.05) is 65.4 Å². The Balaban J connectivity index is 1.87. The van der Waals surface area contributed by atoms with Crippen molar-refractivity contribution >= 4 is 28.5 Å². The fourth-order valence-electron chi connectivity index (χ4n) is 3.79.